The number of carbonyl (C=O) groups excluding carboxylic acids is 7. The molecule has 0 aromatic heterocycles. The number of unbranched alkanes of at least 4 members (excludes halogenated alkanes) is 38. The van der Waals surface area contributed by atoms with E-state index in [1.54, 1.807) is 74.6 Å². The maximum atomic E-state index is 10.8. The number of rotatable bonds is 64. The van der Waals surface area contributed by atoms with Crippen molar-refractivity contribution in [3.8, 4) is 0 Å². The molecule has 0 bridgehead atoms. The second-order valence-corrected chi connectivity index (χ2v) is 39.2. The van der Waals surface area contributed by atoms with Crippen LogP contribution in [0.1, 0.15) is 390 Å². The van der Waals surface area contributed by atoms with Gasteiger partial charge in [0.1, 0.15) is 0 Å². The monoisotopic (exact) mass is 1900 g/mol. The number of hydrogen-bond donors (Lipinski definition) is 0. The molecule has 0 atom stereocenters. The minimum Gasteiger partial charge on any atom is -0.545 e. The van der Waals surface area contributed by atoms with Crippen LogP contribution in [-0.2, 0) is 50.7 Å². The van der Waals surface area contributed by atoms with Gasteiger partial charge in [-0.1, -0.05) is 240 Å². The Hall–Kier alpha value is -0.595. The molecule has 0 saturated carbocycles. The Balaban J connectivity index is -0.000000178. The van der Waals surface area contributed by atoms with Gasteiger partial charge in [-0.2, -0.15) is 11.8 Å². The Labute approximate surface area is 685 Å². The van der Waals surface area contributed by atoms with Crippen LogP contribution in [0.4, 0.5) is 0 Å². The summed E-state index contributed by atoms with van der Waals surface area (Å²) in [6, 6.07) is 0. The number of carboxylic acid groups (broad SMARTS) is 6. The van der Waals surface area contributed by atoms with E-state index in [0.29, 0.717) is 42.9 Å². The van der Waals surface area contributed by atoms with Crippen LogP contribution < -0.4 is 30.6 Å². The third-order valence-corrected chi connectivity index (χ3v) is 27.1. The zero-order valence-corrected chi connectivity index (χ0v) is 80.0. The molecule has 0 spiro atoms. The predicted octanol–water partition coefficient (Wildman–Crippen LogP) is 17.1. The van der Waals surface area contributed by atoms with Crippen molar-refractivity contribution in [1.29, 1.82) is 0 Å². The molecule has 0 amide bonds. The first-order valence-corrected chi connectivity index (χ1v) is 54.2. The predicted molar refractivity (Wildman–Crippen MR) is 429 cm³/mol. The Kier molecular flexibility index (Phi) is 125. The van der Waals surface area contributed by atoms with Crippen LogP contribution in [0, 0.1) is 5.92 Å². The van der Waals surface area contributed by atoms with Crippen LogP contribution in [0.2, 0.25) is 26.6 Å². The largest absolute Gasteiger partial charge is 0.545 e. The number of hydrogen-bond acceptors (Lipinski definition) is 16. The van der Waals surface area contributed by atoms with E-state index in [4.69, 9.17) is 0 Å². The van der Waals surface area contributed by atoms with Gasteiger partial charge >= 0.3 is 233 Å². The number of aliphatic carboxylic acids is 6. The van der Waals surface area contributed by atoms with Gasteiger partial charge in [0.05, 0.1) is 41.6 Å². The van der Waals surface area contributed by atoms with Crippen LogP contribution in [-0.4, -0.2) is 141 Å². The first-order chi connectivity index (χ1) is 49.1. The van der Waals surface area contributed by atoms with Gasteiger partial charge in [0.2, 0.25) is 0 Å². The summed E-state index contributed by atoms with van der Waals surface area (Å²) in [6.45, 7) is 22.6. The molecule has 0 heterocycles. The fraction of sp³-hybridized carbons (Fsp3) is 0.841. The minimum atomic E-state index is -1.55. The van der Waals surface area contributed by atoms with Crippen molar-refractivity contribution in [1.82, 2.24) is 0 Å². The molecule has 0 fully saturated rings. The van der Waals surface area contributed by atoms with Crippen LogP contribution in [0.25, 0.3) is 0 Å². The molecule has 0 N–H and O–H groups in total. The molecule has 0 aliphatic rings. The van der Waals surface area contributed by atoms with E-state index in [1.807, 2.05) is 0 Å². The summed E-state index contributed by atoms with van der Waals surface area (Å²) in [4.78, 5) is 71.8. The molecule has 0 aliphatic carbocycles. The van der Waals surface area contributed by atoms with E-state index >= 15 is 0 Å². The first-order valence-electron chi connectivity index (χ1n) is 40.6. The summed E-state index contributed by atoms with van der Waals surface area (Å²) in [6.07, 6.45) is 65.0. The van der Waals surface area contributed by atoms with E-state index in [1.165, 1.54) is 279 Å². The standard InChI is InChI=1S/2C22H40O4.C10H20O2S2.C4H4O4.6C4H9.4Sn/c2*1-2-3-4-5-6-7-8-9-10-11-12-13-14-15-16-17-18-20(22(25)26)19-21(23)24;1-9(2)6-4-3-5-7-14-8-10(11)12-13;5-3(6)1-2-4(7)8;6*1-3-4-2;;;;/h2*19H,2-18H2,1H3,(H,23,24)(H,25,26);9,13H,3-8H2,1-2H3;1-2H,(H,5,6)(H,7,8);6*1,3-4H2,2H3;;;;/q;;;;;;;;;;2*+2;2*+3/p-7/b2*20-19-;;;;;;;;;;;;. The van der Waals surface area contributed by atoms with E-state index in [-0.39, 0.29) is 72.2 Å². The molecule has 14 nitrogen and oxygen atoms in total. The summed E-state index contributed by atoms with van der Waals surface area (Å²) in [5.41, 5.74) is -0.342. The zero-order chi connectivity index (χ0) is 78.4. The Morgan fingerprint density at radius 3 is 0.794 bits per heavy atom. The molecule has 0 aromatic rings. The van der Waals surface area contributed by atoms with Gasteiger partial charge < -0.3 is 76.5 Å². The molecular formula is C82H151O14S2Sn4+3. The molecule has 0 radical (unpaired) electrons. The Morgan fingerprint density at radius 1 is 0.353 bits per heavy atom. The molecule has 20 heteroatoms. The van der Waals surface area contributed by atoms with Crippen LogP contribution >= 0.6 is 11.8 Å². The summed E-state index contributed by atoms with van der Waals surface area (Å²) >= 11 is 9.43. The Bertz CT molecular complexity index is 1720. The second kappa shape index (κ2) is 109. The maximum absolute atomic E-state index is 10.8. The fourth-order valence-corrected chi connectivity index (χ4v) is 20.8. The molecule has 102 heavy (non-hydrogen) atoms. The number of thioether (sulfide) groups is 1. The summed E-state index contributed by atoms with van der Waals surface area (Å²) < 4.78 is 13.5. The van der Waals surface area contributed by atoms with Gasteiger partial charge in [-0.3, -0.25) is 4.79 Å². The van der Waals surface area contributed by atoms with Crippen LogP contribution in [0.3, 0.4) is 0 Å². The molecule has 0 unspecified atom stereocenters. The average molecular weight is 1900 g/mol. The van der Waals surface area contributed by atoms with Gasteiger partial charge in [0, 0.05) is 0 Å². The van der Waals surface area contributed by atoms with Gasteiger partial charge in [-0.15, -0.1) is 0 Å². The molecule has 588 valence electrons. The van der Waals surface area contributed by atoms with Gasteiger partial charge in [-0.05, 0) is 79.2 Å². The Morgan fingerprint density at radius 2 is 0.598 bits per heavy atom. The third kappa shape index (κ3) is 135. The molecule has 0 rings (SSSR count). The molecule has 0 aliphatic heterocycles. The topological polar surface area (TPSA) is 267 Å². The minimum absolute atomic E-state index is 0.149. The molecular weight excluding hydrogens is 1750 g/mol. The van der Waals surface area contributed by atoms with Gasteiger partial charge in [0.15, 0.2) is 0 Å². The first kappa shape index (κ1) is 117. The van der Waals surface area contributed by atoms with E-state index < -0.39 is 35.8 Å². The fourth-order valence-electron chi connectivity index (χ4n) is 9.54. The smallest absolute Gasteiger partial charge is 0.0643 e. The molecule has 0 saturated heterocycles. The third-order valence-electron chi connectivity index (χ3n) is 15.8. The van der Waals surface area contributed by atoms with Gasteiger partial charge in [-0.25, -0.2) is 0 Å². The normalized spacial score (nSPS) is 10.6. The van der Waals surface area contributed by atoms with Crippen molar-refractivity contribution < 1.29 is 68.4 Å². The van der Waals surface area contributed by atoms with Gasteiger partial charge in [0.25, 0.3) is 5.97 Å². The van der Waals surface area contributed by atoms with Crippen molar-refractivity contribution in [2.24, 2.45) is 5.92 Å². The van der Waals surface area contributed by atoms with Crippen LogP contribution in [0.15, 0.2) is 35.5 Å². The van der Waals surface area contributed by atoms with Crippen molar-refractivity contribution in [2.75, 3.05) is 11.5 Å². The van der Waals surface area contributed by atoms with E-state index in [9.17, 15) is 64.2 Å². The number of carboxylic acids is 6. The van der Waals surface area contributed by atoms with Crippen molar-refractivity contribution in [3.63, 3.8) is 0 Å². The average Bonchev–Trinajstić information content (AvgIpc) is 0.996. The second-order valence-electron chi connectivity index (χ2n) is 26.5. The van der Waals surface area contributed by atoms with Crippen molar-refractivity contribution in [3.05, 3.63) is 35.5 Å². The summed E-state index contributed by atoms with van der Waals surface area (Å²) in [5, 5.41) is 61.2. The van der Waals surface area contributed by atoms with E-state index in [0.717, 1.165) is 37.4 Å². The van der Waals surface area contributed by atoms with Crippen molar-refractivity contribution >= 4 is 154 Å². The zero-order valence-electron chi connectivity index (χ0n) is 66.9. The van der Waals surface area contributed by atoms with Crippen molar-refractivity contribution in [2.45, 2.75) is 417 Å². The SMILES string of the molecule is CC(C)CCCCCSCC(=O)O[S-].CCCCCCCCCCCCCCCCCC/C(=C/C(=O)[O-])C(=O)[O-].CCCCCCCCCCCCCCCCCC/C(=C/C(=O)[O-])C(=O)[O-].CCC[CH2][Sn+2][CH2]CCC.CCC[CH2][Sn+2][CH2]CCC.CCC[CH2][Sn+3].CCC[CH2][Sn+3].O=C([O-])C=CC(=O)[O-]. The van der Waals surface area contributed by atoms with Crippen LogP contribution in [0.5, 0.6) is 0 Å². The molecule has 0 aromatic carbocycles. The number of carbonyl (C=O) groups is 7. The summed E-state index contributed by atoms with van der Waals surface area (Å²) in [7, 11) is 0. The quantitative estimate of drug-likeness (QED) is 0.0237. The van der Waals surface area contributed by atoms with E-state index in [2.05, 4.69) is 86.3 Å². The summed E-state index contributed by atoms with van der Waals surface area (Å²) in [5.74, 6) is -6.92. The maximum Gasteiger partial charge on any atom is 0.0643 e.